The molecule has 0 unspecified atom stereocenters. The molecule has 0 fully saturated rings. The Hall–Kier alpha value is -3.61. The molecule has 0 saturated carbocycles. The first-order valence-corrected chi connectivity index (χ1v) is 8.39. The molecule has 0 radical (unpaired) electrons. The van der Waals surface area contributed by atoms with Gasteiger partial charge in [0, 0.05) is 18.8 Å². The number of carbonyl (C=O) groups is 2. The lowest BCUT2D eigenvalue weighted by Gasteiger charge is -2.12. The van der Waals surface area contributed by atoms with Gasteiger partial charge in [-0.05, 0) is 35.9 Å². The Bertz CT molecular complexity index is 951. The fraction of sp³-hybridized carbons (Fsp3) is 0.150. The fourth-order valence-electron chi connectivity index (χ4n) is 2.64. The summed E-state index contributed by atoms with van der Waals surface area (Å²) >= 11 is 0. The van der Waals surface area contributed by atoms with E-state index in [1.54, 1.807) is 29.1 Å². The molecular weight excluding hydrogens is 344 g/mol. The maximum Gasteiger partial charge on any atom is 0.229 e. The summed E-state index contributed by atoms with van der Waals surface area (Å²) in [4.78, 5) is 23.7. The van der Waals surface area contributed by atoms with Crippen molar-refractivity contribution in [1.29, 1.82) is 0 Å². The number of anilines is 2. The molecule has 0 saturated heterocycles. The Balaban J connectivity index is 1.71. The number of benzene rings is 2. The number of rotatable bonds is 6. The third kappa shape index (κ3) is 4.72. The fourth-order valence-corrected chi connectivity index (χ4v) is 2.64. The average molecular weight is 364 g/mol. The number of ether oxygens (including phenoxy) is 1. The molecule has 2 N–H and O–H groups in total. The molecule has 1 heterocycles. The maximum atomic E-state index is 12.4. The molecule has 7 nitrogen and oxygen atoms in total. The first-order chi connectivity index (χ1) is 13.0. The van der Waals surface area contributed by atoms with Crippen molar-refractivity contribution < 1.29 is 14.3 Å². The topological polar surface area (TPSA) is 85.2 Å². The summed E-state index contributed by atoms with van der Waals surface area (Å²) in [6.45, 7) is 1.42. The zero-order valence-corrected chi connectivity index (χ0v) is 15.1. The zero-order chi connectivity index (χ0) is 19.2. The SMILES string of the molecule is COc1ccc(NC(C)=O)cc1NC(=O)Cc1cnn(-c2ccccc2)c1. The summed E-state index contributed by atoms with van der Waals surface area (Å²) in [7, 11) is 1.52. The quantitative estimate of drug-likeness (QED) is 0.704. The van der Waals surface area contributed by atoms with Gasteiger partial charge in [-0.15, -0.1) is 0 Å². The van der Waals surface area contributed by atoms with E-state index in [1.165, 1.54) is 14.0 Å². The Morgan fingerprint density at radius 3 is 2.59 bits per heavy atom. The number of nitrogens with zero attached hydrogens (tertiary/aromatic N) is 2. The van der Waals surface area contributed by atoms with Crippen LogP contribution in [0.4, 0.5) is 11.4 Å². The van der Waals surface area contributed by atoms with Crippen LogP contribution in [0.3, 0.4) is 0 Å². The molecule has 0 atom stereocenters. The van der Waals surface area contributed by atoms with Crippen molar-refractivity contribution in [2.24, 2.45) is 0 Å². The molecule has 7 heteroatoms. The van der Waals surface area contributed by atoms with Gasteiger partial charge in [0.05, 0.1) is 31.1 Å². The van der Waals surface area contributed by atoms with E-state index < -0.39 is 0 Å². The van der Waals surface area contributed by atoms with E-state index in [1.807, 2.05) is 36.5 Å². The van der Waals surface area contributed by atoms with Gasteiger partial charge in [-0.3, -0.25) is 9.59 Å². The Kier molecular flexibility index (Phi) is 5.51. The number of carbonyl (C=O) groups excluding carboxylic acids is 2. The average Bonchev–Trinajstić information content (AvgIpc) is 3.10. The monoisotopic (exact) mass is 364 g/mol. The second-order valence-corrected chi connectivity index (χ2v) is 5.95. The van der Waals surface area contributed by atoms with Crippen LogP contribution in [0.5, 0.6) is 5.75 Å². The molecule has 0 bridgehead atoms. The molecule has 0 spiro atoms. The molecule has 0 aliphatic rings. The lowest BCUT2D eigenvalue weighted by Crippen LogP contribution is -2.15. The standard InChI is InChI=1S/C20H20N4O3/c1-14(25)22-16-8-9-19(27-2)18(11-16)23-20(26)10-15-12-21-24(13-15)17-6-4-3-5-7-17/h3-9,11-13H,10H2,1-2H3,(H,22,25)(H,23,26). The number of nitrogens with one attached hydrogen (secondary N) is 2. The van der Waals surface area contributed by atoms with Crippen molar-refractivity contribution in [3.63, 3.8) is 0 Å². The van der Waals surface area contributed by atoms with Crippen molar-refractivity contribution in [1.82, 2.24) is 9.78 Å². The highest BCUT2D eigenvalue weighted by Gasteiger charge is 2.11. The second-order valence-electron chi connectivity index (χ2n) is 5.95. The molecule has 0 aliphatic heterocycles. The van der Waals surface area contributed by atoms with E-state index >= 15 is 0 Å². The van der Waals surface area contributed by atoms with Gasteiger partial charge in [-0.2, -0.15) is 5.10 Å². The minimum absolute atomic E-state index is 0.167. The van der Waals surface area contributed by atoms with Crippen LogP contribution >= 0.6 is 0 Å². The van der Waals surface area contributed by atoms with Crippen LogP contribution in [0.2, 0.25) is 0 Å². The molecule has 27 heavy (non-hydrogen) atoms. The van der Waals surface area contributed by atoms with Crippen molar-refractivity contribution in [2.45, 2.75) is 13.3 Å². The normalized spacial score (nSPS) is 10.3. The van der Waals surface area contributed by atoms with Crippen LogP contribution in [-0.2, 0) is 16.0 Å². The Labute approximate surface area is 157 Å². The number of methoxy groups -OCH3 is 1. The van der Waals surface area contributed by atoms with Gasteiger partial charge in [0.2, 0.25) is 11.8 Å². The third-order valence-electron chi connectivity index (χ3n) is 3.82. The lowest BCUT2D eigenvalue weighted by molar-refractivity contribution is -0.116. The van der Waals surface area contributed by atoms with Gasteiger partial charge in [0.1, 0.15) is 5.75 Å². The van der Waals surface area contributed by atoms with Crippen LogP contribution in [-0.4, -0.2) is 28.7 Å². The third-order valence-corrected chi connectivity index (χ3v) is 3.82. The second kappa shape index (κ2) is 8.18. The van der Waals surface area contributed by atoms with E-state index in [0.717, 1.165) is 11.3 Å². The highest BCUT2D eigenvalue weighted by Crippen LogP contribution is 2.28. The van der Waals surface area contributed by atoms with Gasteiger partial charge < -0.3 is 15.4 Å². The number of para-hydroxylation sites is 1. The van der Waals surface area contributed by atoms with Gasteiger partial charge in [0.25, 0.3) is 0 Å². The maximum absolute atomic E-state index is 12.4. The van der Waals surface area contributed by atoms with Crippen LogP contribution < -0.4 is 15.4 Å². The van der Waals surface area contributed by atoms with Crippen molar-refractivity contribution in [3.05, 3.63) is 66.5 Å². The summed E-state index contributed by atoms with van der Waals surface area (Å²) in [5, 5.41) is 9.79. The van der Waals surface area contributed by atoms with E-state index in [0.29, 0.717) is 17.1 Å². The van der Waals surface area contributed by atoms with E-state index in [4.69, 9.17) is 4.74 Å². The molecule has 0 aliphatic carbocycles. The molecular formula is C20H20N4O3. The van der Waals surface area contributed by atoms with E-state index in [-0.39, 0.29) is 18.2 Å². The van der Waals surface area contributed by atoms with Crippen molar-refractivity contribution >= 4 is 23.2 Å². The number of hydrogen-bond donors (Lipinski definition) is 2. The molecule has 138 valence electrons. The Morgan fingerprint density at radius 1 is 1.11 bits per heavy atom. The minimum atomic E-state index is -0.208. The van der Waals surface area contributed by atoms with Crippen LogP contribution in [0.15, 0.2) is 60.9 Å². The molecule has 2 amide bonds. The highest BCUT2D eigenvalue weighted by molar-refractivity contribution is 5.95. The van der Waals surface area contributed by atoms with Gasteiger partial charge in [0.15, 0.2) is 0 Å². The first-order valence-electron chi connectivity index (χ1n) is 8.39. The predicted molar refractivity (Wildman–Crippen MR) is 103 cm³/mol. The number of hydrogen-bond acceptors (Lipinski definition) is 4. The summed E-state index contributed by atoms with van der Waals surface area (Å²) in [5.41, 5.74) is 2.78. The van der Waals surface area contributed by atoms with Crippen LogP contribution in [0.25, 0.3) is 5.69 Å². The van der Waals surface area contributed by atoms with Crippen molar-refractivity contribution in [3.8, 4) is 11.4 Å². The molecule has 1 aromatic heterocycles. The predicted octanol–water partition coefficient (Wildman–Crippen LogP) is 3.02. The summed E-state index contributed by atoms with van der Waals surface area (Å²) in [6, 6.07) is 14.7. The number of amides is 2. The summed E-state index contributed by atoms with van der Waals surface area (Å²) in [5.74, 6) is 0.115. The molecule has 3 rings (SSSR count). The molecule has 2 aromatic carbocycles. The molecule has 3 aromatic rings. The Morgan fingerprint density at radius 2 is 1.89 bits per heavy atom. The summed E-state index contributed by atoms with van der Waals surface area (Å²) in [6.07, 6.45) is 3.65. The van der Waals surface area contributed by atoms with Crippen LogP contribution in [0.1, 0.15) is 12.5 Å². The first kappa shape index (κ1) is 18.2. The largest absolute Gasteiger partial charge is 0.495 e. The number of aromatic nitrogens is 2. The van der Waals surface area contributed by atoms with Gasteiger partial charge in [-0.1, -0.05) is 18.2 Å². The van der Waals surface area contributed by atoms with Crippen molar-refractivity contribution in [2.75, 3.05) is 17.7 Å². The zero-order valence-electron chi connectivity index (χ0n) is 15.1. The minimum Gasteiger partial charge on any atom is -0.495 e. The smallest absolute Gasteiger partial charge is 0.229 e. The van der Waals surface area contributed by atoms with Gasteiger partial charge in [-0.25, -0.2) is 4.68 Å². The summed E-state index contributed by atoms with van der Waals surface area (Å²) < 4.78 is 7.00. The van der Waals surface area contributed by atoms with Gasteiger partial charge >= 0.3 is 0 Å². The van der Waals surface area contributed by atoms with E-state index in [2.05, 4.69) is 15.7 Å². The highest BCUT2D eigenvalue weighted by atomic mass is 16.5. The van der Waals surface area contributed by atoms with E-state index in [9.17, 15) is 9.59 Å². The lowest BCUT2D eigenvalue weighted by atomic mass is 10.2. The van der Waals surface area contributed by atoms with Crippen LogP contribution in [0, 0.1) is 0 Å².